The average Bonchev–Trinajstić information content (AvgIpc) is 3.43. The highest BCUT2D eigenvalue weighted by molar-refractivity contribution is 5.99. The maximum Gasteiger partial charge on any atom is 0.373 e. The number of fused-ring (bicyclic) bond motifs is 2. The van der Waals surface area contributed by atoms with Crippen LogP contribution < -0.4 is 4.74 Å². The van der Waals surface area contributed by atoms with E-state index in [9.17, 15) is 4.79 Å². The minimum Gasteiger partial charge on any atom is -0.485 e. The zero-order valence-electron chi connectivity index (χ0n) is 16.2. The fraction of sp³-hybridized carbons (Fsp3) is 0.0833. The molecule has 0 amide bonds. The number of nitrogens with one attached hydrogen (secondary N) is 1. The van der Waals surface area contributed by atoms with Gasteiger partial charge < -0.3 is 18.9 Å². The lowest BCUT2D eigenvalue weighted by atomic mass is 10.0. The van der Waals surface area contributed by atoms with Crippen LogP contribution in [-0.4, -0.2) is 23.0 Å². The van der Waals surface area contributed by atoms with E-state index in [-0.39, 0.29) is 12.4 Å². The van der Waals surface area contributed by atoms with Gasteiger partial charge >= 0.3 is 5.97 Å². The molecule has 30 heavy (non-hydrogen) atoms. The van der Waals surface area contributed by atoms with E-state index in [0.717, 1.165) is 33.2 Å². The van der Waals surface area contributed by atoms with Gasteiger partial charge in [0.2, 0.25) is 5.76 Å². The normalized spacial score (nSPS) is 11.1. The molecule has 0 fully saturated rings. The number of ether oxygens (including phenoxy) is 2. The Morgan fingerprint density at radius 3 is 2.70 bits per heavy atom. The molecular formula is C24H18N2O4. The number of aromatic amines is 1. The monoisotopic (exact) mass is 398 g/mol. The van der Waals surface area contributed by atoms with Crippen molar-refractivity contribution in [3.63, 3.8) is 0 Å². The lowest BCUT2D eigenvalue weighted by molar-refractivity contribution is 0.0561. The summed E-state index contributed by atoms with van der Waals surface area (Å²) in [5.74, 6) is 1.56. The molecule has 0 aliphatic carbocycles. The number of carbonyl (C=O) groups is 1. The van der Waals surface area contributed by atoms with Gasteiger partial charge in [0, 0.05) is 0 Å². The highest BCUT2D eigenvalue weighted by atomic mass is 16.5. The third-order valence-corrected chi connectivity index (χ3v) is 4.94. The Morgan fingerprint density at radius 1 is 1.00 bits per heavy atom. The summed E-state index contributed by atoms with van der Waals surface area (Å²) in [5.41, 5.74) is 2.73. The highest BCUT2D eigenvalue weighted by Crippen LogP contribution is 2.37. The summed E-state index contributed by atoms with van der Waals surface area (Å²) in [6, 6.07) is 23.2. The van der Waals surface area contributed by atoms with Gasteiger partial charge in [0.25, 0.3) is 0 Å². The van der Waals surface area contributed by atoms with Crippen LogP contribution in [0.4, 0.5) is 0 Å². The van der Waals surface area contributed by atoms with Crippen LogP contribution in [0.25, 0.3) is 33.2 Å². The van der Waals surface area contributed by atoms with E-state index in [4.69, 9.17) is 14.1 Å². The van der Waals surface area contributed by atoms with E-state index in [1.165, 1.54) is 7.11 Å². The zero-order chi connectivity index (χ0) is 20.5. The third-order valence-electron chi connectivity index (χ3n) is 4.94. The summed E-state index contributed by atoms with van der Waals surface area (Å²) in [4.78, 5) is 19.8. The number of rotatable bonds is 5. The molecule has 0 aliphatic rings. The van der Waals surface area contributed by atoms with Crippen LogP contribution in [-0.2, 0) is 11.3 Å². The maximum atomic E-state index is 11.6. The fourth-order valence-corrected chi connectivity index (χ4v) is 3.50. The zero-order valence-corrected chi connectivity index (χ0v) is 16.2. The first kappa shape index (κ1) is 18.0. The molecule has 0 atom stereocenters. The highest BCUT2D eigenvalue weighted by Gasteiger charge is 2.17. The molecule has 5 rings (SSSR count). The maximum absolute atomic E-state index is 11.6. The number of benzene rings is 3. The number of para-hydroxylation sites is 2. The fourth-order valence-electron chi connectivity index (χ4n) is 3.50. The van der Waals surface area contributed by atoms with Gasteiger partial charge in [-0.2, -0.15) is 0 Å². The lowest BCUT2D eigenvalue weighted by Crippen LogP contribution is -1.99. The number of methoxy groups -OCH3 is 1. The molecule has 3 aromatic carbocycles. The molecule has 2 heterocycles. The Kier molecular flexibility index (Phi) is 4.44. The van der Waals surface area contributed by atoms with Crippen molar-refractivity contribution in [2.75, 3.05) is 7.11 Å². The molecule has 6 heteroatoms. The predicted octanol–water partition coefficient (Wildman–Crippen LogP) is 5.34. The number of hydrogen-bond acceptors (Lipinski definition) is 5. The van der Waals surface area contributed by atoms with Gasteiger partial charge in [-0.25, -0.2) is 9.78 Å². The van der Waals surface area contributed by atoms with Crippen LogP contribution in [0.2, 0.25) is 0 Å². The van der Waals surface area contributed by atoms with Crippen LogP contribution >= 0.6 is 0 Å². The lowest BCUT2D eigenvalue weighted by Gasteiger charge is -2.12. The van der Waals surface area contributed by atoms with Crippen molar-refractivity contribution in [1.82, 2.24) is 9.97 Å². The minimum atomic E-state index is -0.519. The van der Waals surface area contributed by atoms with E-state index >= 15 is 0 Å². The molecular weight excluding hydrogens is 380 g/mol. The summed E-state index contributed by atoms with van der Waals surface area (Å²) in [7, 11) is 1.32. The molecule has 0 aliphatic heterocycles. The van der Waals surface area contributed by atoms with Crippen molar-refractivity contribution < 1.29 is 18.7 Å². The summed E-state index contributed by atoms with van der Waals surface area (Å²) in [6.45, 7) is 0.169. The standard InChI is InChI=1S/C24H18N2O4/c1-28-24(27)21-13-11-16(30-21)14-29-20-12-10-15-6-2-3-7-17(15)22(20)23-25-18-8-4-5-9-19(18)26-23/h2-13H,14H2,1H3,(H,25,26). The smallest absolute Gasteiger partial charge is 0.373 e. The Morgan fingerprint density at radius 2 is 1.83 bits per heavy atom. The van der Waals surface area contributed by atoms with Crippen molar-refractivity contribution >= 4 is 27.8 Å². The van der Waals surface area contributed by atoms with Gasteiger partial charge in [-0.05, 0) is 41.1 Å². The predicted molar refractivity (Wildman–Crippen MR) is 113 cm³/mol. The van der Waals surface area contributed by atoms with Crippen molar-refractivity contribution in [2.24, 2.45) is 0 Å². The quantitative estimate of drug-likeness (QED) is 0.404. The number of imidazole rings is 1. The van der Waals surface area contributed by atoms with E-state index < -0.39 is 5.97 Å². The summed E-state index contributed by atoms with van der Waals surface area (Å²) in [5, 5.41) is 2.12. The largest absolute Gasteiger partial charge is 0.485 e. The molecule has 2 aromatic heterocycles. The SMILES string of the molecule is COC(=O)c1ccc(COc2ccc3ccccc3c2-c2nc3ccccc3[nH]2)o1. The van der Waals surface area contributed by atoms with Crippen molar-refractivity contribution in [2.45, 2.75) is 6.61 Å². The molecule has 148 valence electrons. The van der Waals surface area contributed by atoms with Crippen molar-refractivity contribution in [3.8, 4) is 17.1 Å². The number of aromatic nitrogens is 2. The number of carbonyl (C=O) groups excluding carboxylic acids is 1. The second kappa shape index (κ2) is 7.40. The van der Waals surface area contributed by atoms with Crippen LogP contribution in [0.15, 0.2) is 77.2 Å². The van der Waals surface area contributed by atoms with E-state index in [2.05, 4.69) is 15.8 Å². The Labute approximate surface area is 172 Å². The molecule has 5 aromatic rings. The molecule has 0 saturated carbocycles. The summed E-state index contributed by atoms with van der Waals surface area (Å²) >= 11 is 0. The van der Waals surface area contributed by atoms with Gasteiger partial charge in [0.1, 0.15) is 23.9 Å². The molecule has 0 bridgehead atoms. The first-order chi connectivity index (χ1) is 14.7. The molecule has 0 saturated heterocycles. The van der Waals surface area contributed by atoms with Crippen LogP contribution in [0, 0.1) is 0 Å². The minimum absolute atomic E-state index is 0.145. The number of nitrogens with zero attached hydrogens (tertiary/aromatic N) is 1. The van der Waals surface area contributed by atoms with Gasteiger partial charge in [-0.3, -0.25) is 0 Å². The second-order valence-electron chi connectivity index (χ2n) is 6.81. The first-order valence-corrected chi connectivity index (χ1v) is 9.49. The third kappa shape index (κ3) is 3.18. The molecule has 0 spiro atoms. The molecule has 1 N–H and O–H groups in total. The van der Waals surface area contributed by atoms with Crippen molar-refractivity contribution in [3.05, 3.63) is 84.3 Å². The van der Waals surface area contributed by atoms with Crippen molar-refractivity contribution in [1.29, 1.82) is 0 Å². The topological polar surface area (TPSA) is 77.4 Å². The number of H-pyrrole nitrogens is 1. The molecule has 6 nitrogen and oxygen atoms in total. The Hall–Kier alpha value is -4.06. The Bertz CT molecular complexity index is 1330. The van der Waals surface area contributed by atoms with Gasteiger partial charge in [0.05, 0.1) is 23.7 Å². The van der Waals surface area contributed by atoms with Crippen LogP contribution in [0.1, 0.15) is 16.3 Å². The van der Waals surface area contributed by atoms with Crippen LogP contribution in [0.3, 0.4) is 0 Å². The Balaban J connectivity index is 1.55. The van der Waals surface area contributed by atoms with Gasteiger partial charge in [-0.15, -0.1) is 0 Å². The summed E-state index contributed by atoms with van der Waals surface area (Å²) < 4.78 is 16.3. The average molecular weight is 398 g/mol. The molecule has 0 radical (unpaired) electrons. The van der Waals surface area contributed by atoms with Gasteiger partial charge in [0.15, 0.2) is 0 Å². The molecule has 0 unspecified atom stereocenters. The summed E-state index contributed by atoms with van der Waals surface area (Å²) in [6.07, 6.45) is 0. The number of furan rings is 1. The number of esters is 1. The van der Waals surface area contributed by atoms with Gasteiger partial charge in [-0.1, -0.05) is 42.5 Å². The second-order valence-corrected chi connectivity index (χ2v) is 6.81. The van der Waals surface area contributed by atoms with E-state index in [1.807, 2.05) is 54.6 Å². The van der Waals surface area contributed by atoms with E-state index in [1.54, 1.807) is 12.1 Å². The van der Waals surface area contributed by atoms with E-state index in [0.29, 0.717) is 11.5 Å². The number of hydrogen-bond donors (Lipinski definition) is 1. The van der Waals surface area contributed by atoms with Crippen LogP contribution in [0.5, 0.6) is 5.75 Å². The first-order valence-electron chi connectivity index (χ1n) is 9.49.